The Morgan fingerprint density at radius 1 is 1.24 bits per heavy atom. The zero-order chi connectivity index (χ0) is 11.7. The number of hydrogen-bond donors (Lipinski definition) is 2. The summed E-state index contributed by atoms with van der Waals surface area (Å²) < 4.78 is 0. The van der Waals surface area contributed by atoms with Gasteiger partial charge in [0.05, 0.1) is 0 Å². The van der Waals surface area contributed by atoms with Gasteiger partial charge >= 0.3 is 0 Å². The summed E-state index contributed by atoms with van der Waals surface area (Å²) in [6.07, 6.45) is 3.60. The molecule has 3 aliphatic carbocycles. The Bertz CT molecular complexity index is 585. The van der Waals surface area contributed by atoms with Crippen molar-refractivity contribution in [3.8, 4) is 11.5 Å². The second-order valence-electron chi connectivity index (χ2n) is 5.23. The normalized spacial score (nSPS) is 32.6. The van der Waals surface area contributed by atoms with Crippen LogP contribution in [0.3, 0.4) is 0 Å². The summed E-state index contributed by atoms with van der Waals surface area (Å²) in [5, 5.41) is 19.5. The predicted molar refractivity (Wildman–Crippen MR) is 60.9 cm³/mol. The standard InChI is InChI=1S/C14H12O3/c15-7-3-6-1-2-8-9-5-11(17)13(9)14(8)12(6)10(16)4-7/h2-4,9,13-16H,1,5H2. The van der Waals surface area contributed by atoms with E-state index in [1.54, 1.807) is 6.07 Å². The highest BCUT2D eigenvalue weighted by molar-refractivity contribution is 5.93. The van der Waals surface area contributed by atoms with Gasteiger partial charge in [-0.2, -0.15) is 0 Å². The van der Waals surface area contributed by atoms with E-state index >= 15 is 0 Å². The summed E-state index contributed by atoms with van der Waals surface area (Å²) in [4.78, 5) is 11.6. The number of rotatable bonds is 0. The summed E-state index contributed by atoms with van der Waals surface area (Å²) in [6, 6.07) is 3.07. The second-order valence-corrected chi connectivity index (χ2v) is 5.23. The first-order valence-electron chi connectivity index (χ1n) is 5.94. The van der Waals surface area contributed by atoms with E-state index in [2.05, 4.69) is 6.08 Å². The first kappa shape index (κ1) is 9.28. The lowest BCUT2D eigenvalue weighted by Gasteiger charge is -2.55. The molecule has 0 aromatic heterocycles. The van der Waals surface area contributed by atoms with Crippen LogP contribution in [0.2, 0.25) is 0 Å². The van der Waals surface area contributed by atoms with Crippen LogP contribution >= 0.6 is 0 Å². The molecule has 2 saturated carbocycles. The van der Waals surface area contributed by atoms with E-state index in [-0.39, 0.29) is 23.3 Å². The van der Waals surface area contributed by atoms with Gasteiger partial charge in [-0.3, -0.25) is 4.79 Å². The van der Waals surface area contributed by atoms with Gasteiger partial charge in [-0.05, 0) is 24.0 Å². The van der Waals surface area contributed by atoms with Crippen molar-refractivity contribution in [1.82, 2.24) is 0 Å². The van der Waals surface area contributed by atoms with Crippen LogP contribution in [0, 0.1) is 11.8 Å². The number of benzene rings is 1. The SMILES string of the molecule is O=C1CC2C3=CCc4cc(O)cc(O)c4C3C12. The molecule has 4 rings (SSSR count). The number of ketones is 1. The Labute approximate surface area is 98.4 Å². The molecule has 3 heteroatoms. The minimum absolute atomic E-state index is 0.0885. The highest BCUT2D eigenvalue weighted by atomic mass is 16.3. The highest BCUT2D eigenvalue weighted by Gasteiger charge is 2.59. The summed E-state index contributed by atoms with van der Waals surface area (Å²) in [5.41, 5.74) is 3.15. The van der Waals surface area contributed by atoms with Crippen molar-refractivity contribution in [2.75, 3.05) is 0 Å². The third-order valence-electron chi connectivity index (χ3n) is 4.47. The van der Waals surface area contributed by atoms with E-state index in [0.29, 0.717) is 18.1 Å². The van der Waals surface area contributed by atoms with E-state index in [0.717, 1.165) is 17.5 Å². The number of phenols is 2. The van der Waals surface area contributed by atoms with Gasteiger partial charge in [0, 0.05) is 29.9 Å². The lowest BCUT2D eigenvalue weighted by atomic mass is 9.46. The van der Waals surface area contributed by atoms with Crippen LogP contribution < -0.4 is 0 Å². The average molecular weight is 228 g/mol. The Morgan fingerprint density at radius 3 is 2.82 bits per heavy atom. The quantitative estimate of drug-likeness (QED) is 0.666. The molecule has 1 aromatic rings. The number of aromatic hydroxyl groups is 2. The number of Topliss-reactive ketones (excluding diaryl/α,β-unsaturated/α-hetero) is 1. The Hall–Kier alpha value is -1.77. The molecule has 0 radical (unpaired) electrons. The summed E-state index contributed by atoms with van der Waals surface area (Å²) in [5.74, 6) is 1.16. The summed E-state index contributed by atoms with van der Waals surface area (Å²) in [7, 11) is 0. The van der Waals surface area contributed by atoms with E-state index in [1.165, 1.54) is 11.6 Å². The number of hydrogen-bond acceptors (Lipinski definition) is 3. The molecular weight excluding hydrogens is 216 g/mol. The van der Waals surface area contributed by atoms with E-state index in [9.17, 15) is 15.0 Å². The molecule has 3 unspecified atom stereocenters. The van der Waals surface area contributed by atoms with Crippen LogP contribution in [0.15, 0.2) is 23.8 Å². The zero-order valence-electron chi connectivity index (χ0n) is 9.18. The molecule has 1 aromatic carbocycles. The van der Waals surface area contributed by atoms with Gasteiger partial charge in [0.25, 0.3) is 0 Å². The first-order valence-corrected chi connectivity index (χ1v) is 5.94. The van der Waals surface area contributed by atoms with Gasteiger partial charge in [0.1, 0.15) is 17.3 Å². The van der Waals surface area contributed by atoms with Gasteiger partial charge in [0.15, 0.2) is 0 Å². The Morgan fingerprint density at radius 2 is 2.06 bits per heavy atom. The van der Waals surface area contributed by atoms with Gasteiger partial charge in [-0.25, -0.2) is 0 Å². The van der Waals surface area contributed by atoms with Gasteiger partial charge in [-0.1, -0.05) is 11.6 Å². The number of phenolic OH excluding ortho intramolecular Hbond substituents is 2. The van der Waals surface area contributed by atoms with Crippen molar-refractivity contribution in [2.24, 2.45) is 11.8 Å². The monoisotopic (exact) mass is 228 g/mol. The molecule has 0 amide bonds. The fraction of sp³-hybridized carbons (Fsp3) is 0.357. The Kier molecular flexibility index (Phi) is 1.49. The lowest BCUT2D eigenvalue weighted by Crippen LogP contribution is -2.53. The minimum Gasteiger partial charge on any atom is -0.508 e. The molecule has 2 N–H and O–H groups in total. The number of fused-ring (bicyclic) bond motifs is 6. The smallest absolute Gasteiger partial charge is 0.138 e. The molecule has 86 valence electrons. The molecule has 2 fully saturated rings. The second kappa shape index (κ2) is 2.73. The van der Waals surface area contributed by atoms with Crippen LogP contribution in [0.5, 0.6) is 11.5 Å². The van der Waals surface area contributed by atoms with Crippen molar-refractivity contribution < 1.29 is 15.0 Å². The van der Waals surface area contributed by atoms with E-state index in [1.807, 2.05) is 0 Å². The van der Waals surface area contributed by atoms with Crippen LogP contribution in [-0.2, 0) is 11.2 Å². The molecular formula is C14H12O3. The van der Waals surface area contributed by atoms with E-state index in [4.69, 9.17) is 0 Å². The summed E-state index contributed by atoms with van der Waals surface area (Å²) in [6.45, 7) is 0. The molecule has 3 nitrogen and oxygen atoms in total. The van der Waals surface area contributed by atoms with Crippen molar-refractivity contribution >= 4 is 5.78 Å². The largest absolute Gasteiger partial charge is 0.508 e. The lowest BCUT2D eigenvalue weighted by molar-refractivity contribution is -0.138. The molecule has 0 aliphatic heterocycles. The van der Waals surface area contributed by atoms with Crippen LogP contribution in [-0.4, -0.2) is 16.0 Å². The first-order chi connectivity index (χ1) is 8.16. The molecule has 3 atom stereocenters. The predicted octanol–water partition coefficient (Wildman–Crippen LogP) is 1.88. The van der Waals surface area contributed by atoms with Crippen LogP contribution in [0.25, 0.3) is 0 Å². The number of carbonyl (C=O) groups excluding carboxylic acids is 1. The van der Waals surface area contributed by atoms with Gasteiger partial charge in [0.2, 0.25) is 0 Å². The Balaban J connectivity index is 1.88. The highest BCUT2D eigenvalue weighted by Crippen LogP contribution is 2.63. The molecule has 0 spiro atoms. The van der Waals surface area contributed by atoms with Gasteiger partial charge in [-0.15, -0.1) is 0 Å². The molecule has 0 saturated heterocycles. The maximum absolute atomic E-state index is 11.6. The number of allylic oxidation sites excluding steroid dienone is 2. The fourth-order valence-corrected chi connectivity index (χ4v) is 3.67. The molecule has 17 heavy (non-hydrogen) atoms. The van der Waals surface area contributed by atoms with Crippen LogP contribution in [0.4, 0.5) is 0 Å². The average Bonchev–Trinajstić information content (AvgIpc) is 2.24. The number of carbonyl (C=O) groups is 1. The van der Waals surface area contributed by atoms with Crippen molar-refractivity contribution in [3.63, 3.8) is 0 Å². The van der Waals surface area contributed by atoms with Gasteiger partial charge < -0.3 is 10.2 Å². The third kappa shape index (κ3) is 0.954. The molecule has 0 bridgehead atoms. The fourth-order valence-electron chi connectivity index (χ4n) is 3.67. The molecule has 3 aliphatic rings. The minimum atomic E-state index is 0.0885. The van der Waals surface area contributed by atoms with Crippen LogP contribution in [0.1, 0.15) is 23.5 Å². The van der Waals surface area contributed by atoms with Crippen molar-refractivity contribution in [1.29, 1.82) is 0 Å². The van der Waals surface area contributed by atoms with Crippen molar-refractivity contribution in [3.05, 3.63) is 34.9 Å². The maximum atomic E-state index is 11.6. The van der Waals surface area contributed by atoms with Crippen molar-refractivity contribution in [2.45, 2.75) is 18.8 Å². The third-order valence-corrected chi connectivity index (χ3v) is 4.47. The zero-order valence-corrected chi connectivity index (χ0v) is 9.18. The maximum Gasteiger partial charge on any atom is 0.138 e. The summed E-state index contributed by atoms with van der Waals surface area (Å²) >= 11 is 0. The van der Waals surface area contributed by atoms with E-state index < -0.39 is 0 Å². The molecule has 0 heterocycles. The topological polar surface area (TPSA) is 57.5 Å².